The zero-order valence-corrected chi connectivity index (χ0v) is 9.85. The van der Waals surface area contributed by atoms with Crippen molar-refractivity contribution >= 4 is 0 Å². The van der Waals surface area contributed by atoms with Crippen molar-refractivity contribution in [1.29, 1.82) is 0 Å². The van der Waals surface area contributed by atoms with E-state index in [9.17, 15) is 13.2 Å². The number of fused-ring (bicyclic) bond motifs is 1. The second-order valence-corrected chi connectivity index (χ2v) is 4.74. The van der Waals surface area contributed by atoms with E-state index < -0.39 is 12.7 Å². The molecule has 4 heteroatoms. The highest BCUT2D eigenvalue weighted by atomic mass is 19.4. The molecule has 0 unspecified atom stereocenters. The summed E-state index contributed by atoms with van der Waals surface area (Å²) in [5.74, 6) is 0. The molecule has 1 aliphatic carbocycles. The van der Waals surface area contributed by atoms with Crippen LogP contribution < -0.4 is 0 Å². The Morgan fingerprint density at radius 3 is 2.59 bits per heavy atom. The van der Waals surface area contributed by atoms with Gasteiger partial charge in [0.25, 0.3) is 0 Å². The van der Waals surface area contributed by atoms with E-state index in [1.165, 1.54) is 23.1 Å². The van der Waals surface area contributed by atoms with Crippen LogP contribution in [0.4, 0.5) is 13.2 Å². The molecule has 0 fully saturated rings. The molecular weight excluding hydrogens is 227 g/mol. The fourth-order valence-corrected chi connectivity index (χ4v) is 2.40. The molecule has 17 heavy (non-hydrogen) atoms. The zero-order chi connectivity index (χ0) is 12.5. The molecule has 0 saturated carbocycles. The first-order valence-corrected chi connectivity index (χ1v) is 5.80. The van der Waals surface area contributed by atoms with Crippen LogP contribution in [-0.2, 0) is 19.4 Å². The molecule has 0 radical (unpaired) electrons. The van der Waals surface area contributed by atoms with Crippen molar-refractivity contribution < 1.29 is 13.2 Å². The van der Waals surface area contributed by atoms with Gasteiger partial charge in [-0.3, -0.25) is 4.90 Å². The quantitative estimate of drug-likeness (QED) is 0.788. The van der Waals surface area contributed by atoms with Crippen molar-refractivity contribution in [1.82, 2.24) is 4.90 Å². The lowest BCUT2D eigenvalue weighted by Crippen LogP contribution is -2.30. The summed E-state index contributed by atoms with van der Waals surface area (Å²) >= 11 is 0. The molecule has 0 aromatic heterocycles. The molecule has 0 atom stereocenters. The Balaban J connectivity index is 1.99. The van der Waals surface area contributed by atoms with Gasteiger partial charge in [0.05, 0.1) is 6.54 Å². The van der Waals surface area contributed by atoms with Crippen molar-refractivity contribution in [2.45, 2.75) is 32.0 Å². The average Bonchev–Trinajstić information content (AvgIpc) is 2.61. The minimum absolute atomic E-state index is 0.354. The average molecular weight is 243 g/mol. The number of aryl methyl sites for hydroxylation is 2. The summed E-state index contributed by atoms with van der Waals surface area (Å²) in [4.78, 5) is 1.30. The lowest BCUT2D eigenvalue weighted by molar-refractivity contribution is -0.144. The standard InChI is InChI=1S/C13H16F3N/c1-17(9-13(14,15)16)8-10-5-6-11-3-2-4-12(11)7-10/h5-7H,2-4,8-9H2,1H3. The molecule has 0 bridgehead atoms. The number of rotatable bonds is 3. The fourth-order valence-electron chi connectivity index (χ4n) is 2.40. The summed E-state index contributed by atoms with van der Waals surface area (Å²) in [6.07, 6.45) is -0.789. The zero-order valence-electron chi connectivity index (χ0n) is 9.85. The van der Waals surface area contributed by atoms with E-state index in [2.05, 4.69) is 12.1 Å². The molecule has 0 aliphatic heterocycles. The molecule has 1 nitrogen and oxygen atoms in total. The highest BCUT2D eigenvalue weighted by Crippen LogP contribution is 2.24. The van der Waals surface area contributed by atoms with Crippen molar-refractivity contribution in [3.63, 3.8) is 0 Å². The van der Waals surface area contributed by atoms with E-state index in [1.807, 2.05) is 6.07 Å². The van der Waals surface area contributed by atoms with Crippen LogP contribution in [0.3, 0.4) is 0 Å². The highest BCUT2D eigenvalue weighted by molar-refractivity contribution is 5.35. The SMILES string of the molecule is CN(Cc1ccc2c(c1)CCC2)CC(F)(F)F. The number of benzene rings is 1. The van der Waals surface area contributed by atoms with Gasteiger partial charge in [0, 0.05) is 6.54 Å². The normalized spacial score (nSPS) is 15.4. The van der Waals surface area contributed by atoms with Gasteiger partial charge in [0.1, 0.15) is 0 Å². The second kappa shape index (κ2) is 4.69. The minimum Gasteiger partial charge on any atom is -0.294 e. The third kappa shape index (κ3) is 3.46. The van der Waals surface area contributed by atoms with Crippen LogP contribution in [0.25, 0.3) is 0 Å². The first kappa shape index (κ1) is 12.4. The van der Waals surface area contributed by atoms with Crippen molar-refractivity contribution in [2.24, 2.45) is 0 Å². The van der Waals surface area contributed by atoms with Gasteiger partial charge < -0.3 is 0 Å². The summed E-state index contributed by atoms with van der Waals surface area (Å²) < 4.78 is 36.6. The second-order valence-electron chi connectivity index (χ2n) is 4.74. The molecule has 1 aromatic rings. The number of hydrogen-bond donors (Lipinski definition) is 0. The Kier molecular flexibility index (Phi) is 3.43. The van der Waals surface area contributed by atoms with E-state index in [-0.39, 0.29) is 0 Å². The number of alkyl halides is 3. The van der Waals surface area contributed by atoms with Gasteiger partial charge in [-0.25, -0.2) is 0 Å². The monoisotopic (exact) mass is 243 g/mol. The van der Waals surface area contributed by atoms with Crippen LogP contribution in [0.1, 0.15) is 23.1 Å². The van der Waals surface area contributed by atoms with E-state index in [0.29, 0.717) is 6.54 Å². The smallest absolute Gasteiger partial charge is 0.294 e. The third-order valence-electron chi connectivity index (χ3n) is 3.06. The lowest BCUT2D eigenvalue weighted by Gasteiger charge is -2.18. The van der Waals surface area contributed by atoms with Gasteiger partial charge in [-0.15, -0.1) is 0 Å². The Bertz CT molecular complexity index is 398. The van der Waals surface area contributed by atoms with Crippen molar-refractivity contribution in [3.05, 3.63) is 34.9 Å². The lowest BCUT2D eigenvalue weighted by atomic mass is 10.1. The maximum Gasteiger partial charge on any atom is 0.401 e. The van der Waals surface area contributed by atoms with Gasteiger partial charge in [-0.05, 0) is 43.0 Å². The van der Waals surface area contributed by atoms with Crippen LogP contribution in [0.5, 0.6) is 0 Å². The predicted molar refractivity (Wildman–Crippen MR) is 60.9 cm³/mol. The Labute approximate surface area is 99.2 Å². The molecular formula is C13H16F3N. The van der Waals surface area contributed by atoms with Gasteiger partial charge >= 0.3 is 6.18 Å². The number of hydrogen-bond acceptors (Lipinski definition) is 1. The topological polar surface area (TPSA) is 3.24 Å². The molecule has 0 spiro atoms. The Hall–Kier alpha value is -1.03. The summed E-state index contributed by atoms with van der Waals surface area (Å²) in [6.45, 7) is -0.503. The molecule has 94 valence electrons. The molecule has 0 N–H and O–H groups in total. The molecule has 1 aliphatic rings. The van der Waals surface area contributed by atoms with E-state index in [1.54, 1.807) is 0 Å². The maximum absolute atomic E-state index is 12.2. The van der Waals surface area contributed by atoms with Gasteiger partial charge in [0.15, 0.2) is 0 Å². The maximum atomic E-state index is 12.2. The summed E-state index contributed by atoms with van der Waals surface area (Å²) in [5, 5.41) is 0. The van der Waals surface area contributed by atoms with Crippen LogP contribution in [-0.4, -0.2) is 24.7 Å². The minimum atomic E-state index is -4.12. The van der Waals surface area contributed by atoms with Crippen LogP contribution in [0.15, 0.2) is 18.2 Å². The van der Waals surface area contributed by atoms with Crippen LogP contribution in [0, 0.1) is 0 Å². The summed E-state index contributed by atoms with van der Waals surface area (Å²) in [7, 11) is 1.50. The first-order valence-electron chi connectivity index (χ1n) is 5.80. The number of halogens is 3. The summed E-state index contributed by atoms with van der Waals surface area (Å²) in [6, 6.07) is 6.05. The molecule has 0 heterocycles. The molecule has 2 rings (SSSR count). The van der Waals surface area contributed by atoms with Crippen LogP contribution in [0.2, 0.25) is 0 Å². The predicted octanol–water partition coefficient (Wildman–Crippen LogP) is 3.17. The highest BCUT2D eigenvalue weighted by Gasteiger charge is 2.29. The Morgan fingerprint density at radius 1 is 1.18 bits per heavy atom. The van der Waals surface area contributed by atoms with E-state index in [0.717, 1.165) is 24.8 Å². The van der Waals surface area contributed by atoms with E-state index >= 15 is 0 Å². The van der Waals surface area contributed by atoms with Crippen LogP contribution >= 0.6 is 0 Å². The fraction of sp³-hybridized carbons (Fsp3) is 0.538. The first-order chi connectivity index (χ1) is 7.94. The third-order valence-corrected chi connectivity index (χ3v) is 3.06. The largest absolute Gasteiger partial charge is 0.401 e. The Morgan fingerprint density at radius 2 is 1.88 bits per heavy atom. The van der Waals surface area contributed by atoms with Gasteiger partial charge in [0.2, 0.25) is 0 Å². The van der Waals surface area contributed by atoms with Crippen molar-refractivity contribution in [2.75, 3.05) is 13.6 Å². The van der Waals surface area contributed by atoms with Gasteiger partial charge in [-0.1, -0.05) is 18.2 Å². The number of nitrogens with zero attached hydrogens (tertiary/aromatic N) is 1. The molecule has 0 saturated heterocycles. The van der Waals surface area contributed by atoms with Crippen molar-refractivity contribution in [3.8, 4) is 0 Å². The van der Waals surface area contributed by atoms with E-state index in [4.69, 9.17) is 0 Å². The summed E-state index contributed by atoms with van der Waals surface area (Å²) in [5.41, 5.74) is 3.63. The van der Waals surface area contributed by atoms with Gasteiger partial charge in [-0.2, -0.15) is 13.2 Å². The molecule has 0 amide bonds. The molecule has 1 aromatic carbocycles.